The summed E-state index contributed by atoms with van der Waals surface area (Å²) in [4.78, 5) is 15.4. The van der Waals surface area contributed by atoms with Crippen molar-refractivity contribution in [2.45, 2.75) is 24.9 Å². The lowest BCUT2D eigenvalue weighted by molar-refractivity contribution is -0.141. The number of aromatic nitrogens is 1. The summed E-state index contributed by atoms with van der Waals surface area (Å²) < 4.78 is 37.5. The van der Waals surface area contributed by atoms with Gasteiger partial charge in [-0.15, -0.1) is 0 Å². The predicted molar refractivity (Wildman–Crippen MR) is 88.5 cm³/mol. The minimum absolute atomic E-state index is 0.0774. The van der Waals surface area contributed by atoms with E-state index in [1.165, 1.54) is 5.56 Å². The maximum absolute atomic E-state index is 12.5. The summed E-state index contributed by atoms with van der Waals surface area (Å²) in [6, 6.07) is 9.47. The van der Waals surface area contributed by atoms with Crippen LogP contribution in [0.5, 0.6) is 0 Å². The number of halogens is 3. The van der Waals surface area contributed by atoms with Crippen LogP contribution in [0, 0.1) is 0 Å². The molecule has 1 aromatic carbocycles. The fourth-order valence-corrected chi connectivity index (χ4v) is 2.87. The maximum Gasteiger partial charge on any atom is 0.433 e. The molecule has 0 aliphatic carbocycles. The Hall–Kier alpha value is -2.41. The van der Waals surface area contributed by atoms with Crippen LogP contribution >= 0.6 is 0 Å². The van der Waals surface area contributed by atoms with Gasteiger partial charge in [-0.2, -0.15) is 13.2 Å². The molecule has 0 spiro atoms. The van der Waals surface area contributed by atoms with Crippen molar-refractivity contribution in [2.75, 3.05) is 18.4 Å². The third kappa shape index (κ3) is 4.36. The van der Waals surface area contributed by atoms with Crippen LogP contribution in [0.4, 0.5) is 18.9 Å². The van der Waals surface area contributed by atoms with E-state index in [9.17, 15) is 18.0 Å². The number of piperidine rings is 1. The van der Waals surface area contributed by atoms with Gasteiger partial charge in [-0.1, -0.05) is 12.1 Å². The highest BCUT2D eigenvalue weighted by Crippen LogP contribution is 2.27. The second-order valence-electron chi connectivity index (χ2n) is 6.05. The van der Waals surface area contributed by atoms with E-state index < -0.39 is 17.8 Å². The highest BCUT2D eigenvalue weighted by Gasteiger charge is 2.32. The Morgan fingerprint density at radius 1 is 1.16 bits per heavy atom. The predicted octanol–water partition coefficient (Wildman–Crippen LogP) is 3.82. The first-order valence-electron chi connectivity index (χ1n) is 8.09. The second kappa shape index (κ2) is 7.23. The lowest BCUT2D eigenvalue weighted by Gasteiger charge is -2.23. The fraction of sp³-hybridized carbons (Fsp3) is 0.333. The third-order valence-corrected chi connectivity index (χ3v) is 4.25. The van der Waals surface area contributed by atoms with Crippen LogP contribution in [0.3, 0.4) is 0 Å². The number of anilines is 1. The highest BCUT2D eigenvalue weighted by atomic mass is 19.4. The zero-order valence-electron chi connectivity index (χ0n) is 13.4. The van der Waals surface area contributed by atoms with Crippen LogP contribution in [-0.4, -0.2) is 24.0 Å². The molecule has 1 saturated heterocycles. The molecule has 1 aliphatic rings. The molecule has 0 radical (unpaired) electrons. The molecule has 0 unspecified atom stereocenters. The zero-order valence-corrected chi connectivity index (χ0v) is 13.4. The molecule has 1 aromatic heterocycles. The smallest absolute Gasteiger partial charge is 0.322 e. The molecular weight excluding hydrogens is 331 g/mol. The average Bonchev–Trinajstić information content (AvgIpc) is 2.62. The van der Waals surface area contributed by atoms with Crippen molar-refractivity contribution in [3.8, 4) is 0 Å². The zero-order chi connectivity index (χ0) is 17.9. The number of rotatable bonds is 3. The molecule has 132 valence electrons. The van der Waals surface area contributed by atoms with Gasteiger partial charge in [-0.25, -0.2) is 0 Å². The normalized spacial score (nSPS) is 18.0. The Labute approximate surface area is 143 Å². The number of hydrogen-bond donors (Lipinski definition) is 2. The molecule has 0 bridgehead atoms. The molecule has 1 amide bonds. The van der Waals surface area contributed by atoms with E-state index in [1.54, 1.807) is 12.1 Å². The Morgan fingerprint density at radius 3 is 2.48 bits per heavy atom. The van der Waals surface area contributed by atoms with Gasteiger partial charge >= 0.3 is 6.18 Å². The Bertz CT molecular complexity index is 721. The summed E-state index contributed by atoms with van der Waals surface area (Å²) in [5, 5.41) is 6.03. The molecule has 0 saturated carbocycles. The number of hydrogen-bond acceptors (Lipinski definition) is 3. The third-order valence-electron chi connectivity index (χ3n) is 4.25. The number of nitrogens with one attached hydrogen (secondary N) is 2. The van der Waals surface area contributed by atoms with Crippen LogP contribution in [0.1, 0.15) is 40.4 Å². The van der Waals surface area contributed by atoms with Gasteiger partial charge in [0.2, 0.25) is 0 Å². The largest absolute Gasteiger partial charge is 0.433 e. The molecule has 2 N–H and O–H groups in total. The van der Waals surface area contributed by atoms with Crippen molar-refractivity contribution in [3.63, 3.8) is 0 Å². The lowest BCUT2D eigenvalue weighted by atomic mass is 9.91. The molecular formula is C18H18F3N3O. The first-order valence-corrected chi connectivity index (χ1v) is 8.09. The molecule has 4 nitrogen and oxygen atoms in total. The molecule has 25 heavy (non-hydrogen) atoms. The van der Waals surface area contributed by atoms with Crippen LogP contribution < -0.4 is 10.6 Å². The number of carbonyl (C=O) groups is 1. The number of benzene rings is 1. The minimum Gasteiger partial charge on any atom is -0.322 e. The van der Waals surface area contributed by atoms with Crippen LogP contribution in [-0.2, 0) is 6.18 Å². The van der Waals surface area contributed by atoms with Crippen molar-refractivity contribution in [1.82, 2.24) is 10.3 Å². The fourth-order valence-electron chi connectivity index (χ4n) is 2.87. The summed E-state index contributed by atoms with van der Waals surface area (Å²) in [5.41, 5.74) is 0.863. The van der Waals surface area contributed by atoms with Crippen molar-refractivity contribution in [1.29, 1.82) is 0 Å². The standard InChI is InChI=1S/C18H18F3N3O/c19-18(20,21)16-8-5-14(11-23-16)17(25)24-15-6-3-12(4-7-15)13-2-1-9-22-10-13/h3-8,11,13,22H,1-2,9-10H2,(H,24,25)/t13-/m0/s1. The van der Waals surface area contributed by atoms with E-state index >= 15 is 0 Å². The van der Waals surface area contributed by atoms with Crippen LogP contribution in [0.25, 0.3) is 0 Å². The van der Waals surface area contributed by atoms with Gasteiger partial charge in [-0.3, -0.25) is 9.78 Å². The molecule has 3 rings (SSSR count). The van der Waals surface area contributed by atoms with E-state index in [1.807, 2.05) is 12.1 Å². The summed E-state index contributed by atoms with van der Waals surface area (Å²) in [5.74, 6) is -0.0223. The van der Waals surface area contributed by atoms with Crippen molar-refractivity contribution in [2.24, 2.45) is 0 Å². The Morgan fingerprint density at radius 2 is 1.92 bits per heavy atom. The van der Waals surface area contributed by atoms with E-state index in [0.717, 1.165) is 44.3 Å². The van der Waals surface area contributed by atoms with Gasteiger partial charge in [0.05, 0.1) is 5.56 Å². The number of alkyl halides is 3. The van der Waals surface area contributed by atoms with Gasteiger partial charge in [0.25, 0.3) is 5.91 Å². The lowest BCUT2D eigenvalue weighted by Crippen LogP contribution is -2.28. The number of nitrogens with zero attached hydrogens (tertiary/aromatic N) is 1. The first-order chi connectivity index (χ1) is 11.9. The van der Waals surface area contributed by atoms with Gasteiger partial charge in [0, 0.05) is 18.4 Å². The number of carbonyl (C=O) groups excluding carboxylic acids is 1. The van der Waals surface area contributed by atoms with Crippen molar-refractivity contribution in [3.05, 3.63) is 59.4 Å². The van der Waals surface area contributed by atoms with E-state index in [0.29, 0.717) is 11.6 Å². The van der Waals surface area contributed by atoms with Gasteiger partial charge in [-0.05, 0) is 55.1 Å². The number of amides is 1. The topological polar surface area (TPSA) is 54.0 Å². The summed E-state index contributed by atoms with van der Waals surface area (Å²) in [7, 11) is 0. The SMILES string of the molecule is O=C(Nc1ccc([C@H]2CCCNC2)cc1)c1ccc(C(F)(F)F)nc1. The average molecular weight is 349 g/mol. The van der Waals surface area contributed by atoms with E-state index in [4.69, 9.17) is 0 Å². The quantitative estimate of drug-likeness (QED) is 0.886. The summed E-state index contributed by atoms with van der Waals surface area (Å²) >= 11 is 0. The van der Waals surface area contributed by atoms with Crippen LogP contribution in [0.2, 0.25) is 0 Å². The van der Waals surface area contributed by atoms with E-state index in [2.05, 4.69) is 15.6 Å². The van der Waals surface area contributed by atoms with Gasteiger partial charge in [0.15, 0.2) is 0 Å². The summed E-state index contributed by atoms with van der Waals surface area (Å²) in [6.07, 6.45) is -1.31. The summed E-state index contributed by atoms with van der Waals surface area (Å²) in [6.45, 7) is 1.99. The highest BCUT2D eigenvalue weighted by molar-refractivity contribution is 6.04. The first kappa shape index (κ1) is 17.4. The van der Waals surface area contributed by atoms with E-state index in [-0.39, 0.29) is 5.56 Å². The van der Waals surface area contributed by atoms with Gasteiger partial charge < -0.3 is 10.6 Å². The van der Waals surface area contributed by atoms with Crippen molar-refractivity contribution >= 4 is 11.6 Å². The second-order valence-corrected chi connectivity index (χ2v) is 6.05. The maximum atomic E-state index is 12.5. The Balaban J connectivity index is 1.64. The van der Waals surface area contributed by atoms with Crippen LogP contribution in [0.15, 0.2) is 42.6 Å². The monoisotopic (exact) mass is 349 g/mol. The molecule has 1 aliphatic heterocycles. The molecule has 1 atom stereocenters. The molecule has 1 fully saturated rings. The molecule has 7 heteroatoms. The number of pyridine rings is 1. The molecule has 2 heterocycles. The molecule has 2 aromatic rings. The Kier molecular flexibility index (Phi) is 5.03. The van der Waals surface area contributed by atoms with Crippen molar-refractivity contribution < 1.29 is 18.0 Å². The van der Waals surface area contributed by atoms with Gasteiger partial charge in [0.1, 0.15) is 5.69 Å². The minimum atomic E-state index is -4.52.